The van der Waals surface area contributed by atoms with Crippen LogP contribution in [0.15, 0.2) is 60.9 Å². The molecule has 1 saturated heterocycles. The molecule has 1 aromatic heterocycles. The van der Waals surface area contributed by atoms with Crippen molar-refractivity contribution < 1.29 is 14.3 Å². The van der Waals surface area contributed by atoms with Crippen LogP contribution in [-0.2, 0) is 4.74 Å². The second-order valence-electron chi connectivity index (χ2n) is 7.88. The molecule has 4 rings (SSSR count). The van der Waals surface area contributed by atoms with E-state index in [1.54, 1.807) is 47.3 Å². The summed E-state index contributed by atoms with van der Waals surface area (Å²) in [7, 11) is 0. The molecule has 8 nitrogen and oxygen atoms in total. The fraction of sp³-hybridized carbons (Fsp3) is 0.292. The highest BCUT2D eigenvalue weighted by molar-refractivity contribution is 6.33. The Hall–Kier alpha value is -3.36. The summed E-state index contributed by atoms with van der Waals surface area (Å²) in [5.41, 5.74) is 2.29. The van der Waals surface area contributed by atoms with E-state index in [0.29, 0.717) is 40.1 Å². The SMILES string of the molecule is O=C(Nc1cnn(-c2cccc(C(=O)NCCC3CCOCC3)c2)c1)Nc1ccccc1Cl. The van der Waals surface area contributed by atoms with Crippen LogP contribution < -0.4 is 16.0 Å². The van der Waals surface area contributed by atoms with Crippen molar-refractivity contribution in [1.29, 1.82) is 0 Å². The van der Waals surface area contributed by atoms with Crippen LogP contribution in [-0.4, -0.2) is 41.5 Å². The number of carbonyl (C=O) groups is 2. The van der Waals surface area contributed by atoms with Gasteiger partial charge in [-0.15, -0.1) is 0 Å². The van der Waals surface area contributed by atoms with Gasteiger partial charge in [0, 0.05) is 25.3 Å². The molecule has 0 aliphatic carbocycles. The van der Waals surface area contributed by atoms with Crippen molar-refractivity contribution in [1.82, 2.24) is 15.1 Å². The summed E-state index contributed by atoms with van der Waals surface area (Å²) in [4.78, 5) is 24.8. The summed E-state index contributed by atoms with van der Waals surface area (Å²) in [6, 6.07) is 13.7. The molecular formula is C24H26ClN5O3. The van der Waals surface area contributed by atoms with Gasteiger partial charge in [-0.3, -0.25) is 4.79 Å². The van der Waals surface area contributed by atoms with Gasteiger partial charge in [-0.2, -0.15) is 5.10 Å². The third-order valence-electron chi connectivity index (χ3n) is 5.51. The molecule has 172 valence electrons. The molecule has 1 aliphatic rings. The second kappa shape index (κ2) is 11.0. The molecule has 2 heterocycles. The van der Waals surface area contributed by atoms with Gasteiger partial charge < -0.3 is 20.7 Å². The van der Waals surface area contributed by atoms with Crippen LogP contribution in [0, 0.1) is 5.92 Å². The lowest BCUT2D eigenvalue weighted by atomic mass is 9.97. The Kier molecular flexibility index (Phi) is 7.59. The van der Waals surface area contributed by atoms with Gasteiger partial charge in [0.2, 0.25) is 0 Å². The maximum absolute atomic E-state index is 12.6. The molecule has 3 aromatic rings. The zero-order valence-electron chi connectivity index (χ0n) is 18.1. The van der Waals surface area contributed by atoms with E-state index in [4.69, 9.17) is 16.3 Å². The molecule has 0 atom stereocenters. The van der Waals surface area contributed by atoms with Gasteiger partial charge in [-0.25, -0.2) is 9.48 Å². The third-order valence-corrected chi connectivity index (χ3v) is 5.84. The van der Waals surface area contributed by atoms with E-state index in [9.17, 15) is 9.59 Å². The summed E-state index contributed by atoms with van der Waals surface area (Å²) in [6.45, 7) is 2.26. The summed E-state index contributed by atoms with van der Waals surface area (Å²) >= 11 is 6.07. The summed E-state index contributed by atoms with van der Waals surface area (Å²) in [5.74, 6) is 0.490. The predicted molar refractivity (Wildman–Crippen MR) is 128 cm³/mol. The number of nitrogens with zero attached hydrogens (tertiary/aromatic N) is 2. The van der Waals surface area contributed by atoms with Crippen molar-refractivity contribution in [2.75, 3.05) is 30.4 Å². The zero-order chi connectivity index (χ0) is 23.0. The van der Waals surface area contributed by atoms with Crippen LogP contribution >= 0.6 is 11.6 Å². The topological polar surface area (TPSA) is 97.3 Å². The van der Waals surface area contributed by atoms with Crippen LogP contribution in [0.2, 0.25) is 5.02 Å². The second-order valence-corrected chi connectivity index (χ2v) is 8.29. The van der Waals surface area contributed by atoms with Crippen LogP contribution in [0.3, 0.4) is 0 Å². The number of benzene rings is 2. The largest absolute Gasteiger partial charge is 0.381 e. The molecule has 3 N–H and O–H groups in total. The maximum atomic E-state index is 12.6. The molecule has 1 aliphatic heterocycles. The molecule has 0 radical (unpaired) electrons. The minimum atomic E-state index is -0.430. The Bertz CT molecular complexity index is 1110. The molecule has 0 saturated carbocycles. The van der Waals surface area contributed by atoms with Crippen molar-refractivity contribution in [3.05, 3.63) is 71.5 Å². The smallest absolute Gasteiger partial charge is 0.323 e. The van der Waals surface area contributed by atoms with Crippen LogP contribution in [0.5, 0.6) is 0 Å². The number of aromatic nitrogens is 2. The Morgan fingerprint density at radius 1 is 1.09 bits per heavy atom. The van der Waals surface area contributed by atoms with E-state index in [1.807, 2.05) is 12.1 Å². The van der Waals surface area contributed by atoms with Gasteiger partial charge in [0.1, 0.15) is 0 Å². The molecule has 1 fully saturated rings. The van der Waals surface area contributed by atoms with E-state index in [0.717, 1.165) is 32.5 Å². The van der Waals surface area contributed by atoms with E-state index in [-0.39, 0.29) is 5.91 Å². The standard InChI is InChI=1S/C24H26ClN5O3/c25-21-6-1-2-7-22(21)29-24(32)28-19-15-27-30(16-19)20-5-3-4-18(14-20)23(31)26-11-8-17-9-12-33-13-10-17/h1-7,14-17H,8-13H2,(H,26,31)(H2,28,29,32). The Morgan fingerprint density at radius 2 is 1.91 bits per heavy atom. The highest BCUT2D eigenvalue weighted by Crippen LogP contribution is 2.21. The number of amides is 3. The molecule has 9 heteroatoms. The molecule has 0 bridgehead atoms. The highest BCUT2D eigenvalue weighted by Gasteiger charge is 2.14. The summed E-state index contributed by atoms with van der Waals surface area (Å²) in [6.07, 6.45) is 6.27. The van der Waals surface area contributed by atoms with Crippen molar-refractivity contribution in [2.45, 2.75) is 19.3 Å². The Balaban J connectivity index is 1.33. The number of halogens is 1. The number of para-hydroxylation sites is 1. The first-order valence-electron chi connectivity index (χ1n) is 10.9. The molecule has 0 spiro atoms. The number of rotatable bonds is 7. The highest BCUT2D eigenvalue weighted by atomic mass is 35.5. The number of nitrogens with one attached hydrogen (secondary N) is 3. The fourth-order valence-electron chi connectivity index (χ4n) is 3.69. The number of hydrogen-bond donors (Lipinski definition) is 3. The molecular weight excluding hydrogens is 442 g/mol. The normalized spacial score (nSPS) is 14.0. The Morgan fingerprint density at radius 3 is 2.73 bits per heavy atom. The first-order chi connectivity index (χ1) is 16.1. The molecule has 33 heavy (non-hydrogen) atoms. The van der Waals surface area contributed by atoms with E-state index < -0.39 is 6.03 Å². The van der Waals surface area contributed by atoms with Gasteiger partial charge in [0.15, 0.2) is 0 Å². The van der Waals surface area contributed by atoms with Crippen molar-refractivity contribution in [3.63, 3.8) is 0 Å². The zero-order valence-corrected chi connectivity index (χ0v) is 18.8. The number of ether oxygens (including phenoxy) is 1. The van der Waals surface area contributed by atoms with E-state index >= 15 is 0 Å². The van der Waals surface area contributed by atoms with Crippen molar-refractivity contribution in [2.24, 2.45) is 5.92 Å². The first-order valence-corrected chi connectivity index (χ1v) is 11.3. The number of anilines is 2. The molecule has 2 aromatic carbocycles. The van der Waals surface area contributed by atoms with Gasteiger partial charge in [-0.1, -0.05) is 29.8 Å². The van der Waals surface area contributed by atoms with Gasteiger partial charge in [-0.05, 0) is 55.5 Å². The lowest BCUT2D eigenvalue weighted by molar-refractivity contribution is 0.0636. The van der Waals surface area contributed by atoms with Crippen LogP contribution in [0.25, 0.3) is 5.69 Å². The van der Waals surface area contributed by atoms with Crippen LogP contribution in [0.1, 0.15) is 29.6 Å². The Labute approximate surface area is 197 Å². The lowest BCUT2D eigenvalue weighted by Crippen LogP contribution is -2.27. The van der Waals surface area contributed by atoms with Crippen LogP contribution in [0.4, 0.5) is 16.2 Å². The maximum Gasteiger partial charge on any atom is 0.323 e. The minimum absolute atomic E-state index is 0.117. The average molecular weight is 468 g/mol. The number of hydrogen-bond acceptors (Lipinski definition) is 4. The van der Waals surface area contributed by atoms with Gasteiger partial charge in [0.05, 0.1) is 34.5 Å². The number of urea groups is 1. The lowest BCUT2D eigenvalue weighted by Gasteiger charge is -2.21. The van der Waals surface area contributed by atoms with Crippen molar-refractivity contribution >= 4 is 34.9 Å². The summed E-state index contributed by atoms with van der Waals surface area (Å²) < 4.78 is 6.98. The quantitative estimate of drug-likeness (QED) is 0.468. The minimum Gasteiger partial charge on any atom is -0.381 e. The molecule has 3 amide bonds. The molecule has 0 unspecified atom stereocenters. The monoisotopic (exact) mass is 467 g/mol. The third kappa shape index (κ3) is 6.34. The van der Waals surface area contributed by atoms with E-state index in [1.165, 1.54) is 6.20 Å². The average Bonchev–Trinajstić information content (AvgIpc) is 3.30. The number of carbonyl (C=O) groups excluding carboxylic acids is 2. The first kappa shape index (κ1) is 22.8. The van der Waals surface area contributed by atoms with Gasteiger partial charge >= 0.3 is 6.03 Å². The summed E-state index contributed by atoms with van der Waals surface area (Å²) in [5, 5.41) is 13.2. The fourth-order valence-corrected chi connectivity index (χ4v) is 3.88. The van der Waals surface area contributed by atoms with Gasteiger partial charge in [0.25, 0.3) is 5.91 Å². The predicted octanol–water partition coefficient (Wildman–Crippen LogP) is 4.72. The van der Waals surface area contributed by atoms with E-state index in [2.05, 4.69) is 21.0 Å². The van der Waals surface area contributed by atoms with Crippen molar-refractivity contribution in [3.8, 4) is 5.69 Å².